The smallest absolute Gasteiger partial charge is 0.327 e. The molecule has 0 heterocycles. The molecule has 0 radical (unpaired) electrons. The van der Waals surface area contributed by atoms with Crippen LogP contribution < -0.4 is 21.7 Å². The molecule has 3 amide bonds. The number of rotatable bonds is 12. The van der Waals surface area contributed by atoms with Crippen molar-refractivity contribution in [2.45, 2.75) is 57.5 Å². The molecule has 0 spiro atoms. The van der Waals surface area contributed by atoms with Crippen LogP contribution in [0.3, 0.4) is 0 Å². The van der Waals surface area contributed by atoms with Gasteiger partial charge >= 0.3 is 5.97 Å². The number of hydrogen-bond acceptors (Lipinski definition) is 8. The molecule has 0 saturated heterocycles. The number of hydrogen-bond donors (Lipinski definition) is 8. The Morgan fingerprint density at radius 3 is 1.93 bits per heavy atom. The maximum atomic E-state index is 12.4. The molecule has 0 aliphatic rings. The molecule has 0 aromatic heterocycles. The molecule has 0 aliphatic heterocycles. The molecule has 8 N–H and O–H groups in total. The first-order valence-electron chi connectivity index (χ1n) is 8.79. The van der Waals surface area contributed by atoms with E-state index < -0.39 is 60.6 Å². The van der Waals surface area contributed by atoms with Crippen LogP contribution in [0.5, 0.6) is 0 Å². The van der Waals surface area contributed by atoms with Gasteiger partial charge in [0.25, 0.3) is 0 Å². The van der Waals surface area contributed by atoms with Crippen LogP contribution in [0.1, 0.15) is 27.2 Å². The third kappa shape index (κ3) is 8.00. The molecule has 11 nitrogen and oxygen atoms in total. The number of aliphatic hydroxyl groups excluding tert-OH is 2. The molecule has 0 aliphatic carbocycles. The number of nitrogens with two attached hydrogens (primary N) is 1. The van der Waals surface area contributed by atoms with Gasteiger partial charge < -0.3 is 37.0 Å². The summed E-state index contributed by atoms with van der Waals surface area (Å²) in [6.07, 6.45) is -0.692. The van der Waals surface area contributed by atoms with E-state index in [-0.39, 0.29) is 11.7 Å². The number of carboxylic acids is 1. The van der Waals surface area contributed by atoms with Crippen molar-refractivity contribution in [1.29, 1.82) is 0 Å². The molecule has 162 valence electrons. The first-order valence-corrected chi connectivity index (χ1v) is 9.42. The summed E-state index contributed by atoms with van der Waals surface area (Å²) in [6, 6.07) is -5.13. The van der Waals surface area contributed by atoms with Crippen LogP contribution in [-0.4, -0.2) is 81.6 Å². The van der Waals surface area contributed by atoms with E-state index in [2.05, 4.69) is 28.6 Å². The lowest BCUT2D eigenvalue weighted by Crippen LogP contribution is -2.61. The first kappa shape index (κ1) is 26.1. The summed E-state index contributed by atoms with van der Waals surface area (Å²) in [5.41, 5.74) is 5.80. The Morgan fingerprint density at radius 1 is 1.00 bits per heavy atom. The first-order chi connectivity index (χ1) is 13.0. The summed E-state index contributed by atoms with van der Waals surface area (Å²) in [5, 5.41) is 34.7. The Hall–Kier alpha value is -1.89. The van der Waals surface area contributed by atoms with Crippen molar-refractivity contribution < 1.29 is 34.5 Å². The topological polar surface area (TPSA) is 191 Å². The third-order valence-electron chi connectivity index (χ3n) is 4.24. The maximum absolute atomic E-state index is 12.4. The zero-order valence-electron chi connectivity index (χ0n) is 16.1. The lowest BCUT2D eigenvalue weighted by Gasteiger charge is -2.26. The van der Waals surface area contributed by atoms with E-state index in [0.717, 1.165) is 0 Å². The molecular formula is C16H30N4O7S. The van der Waals surface area contributed by atoms with E-state index in [4.69, 9.17) is 10.8 Å². The average Bonchev–Trinajstić information content (AvgIpc) is 2.65. The summed E-state index contributed by atoms with van der Waals surface area (Å²) in [5.74, 6) is -4.24. The minimum atomic E-state index is -1.49. The monoisotopic (exact) mass is 422 g/mol. The largest absolute Gasteiger partial charge is 0.480 e. The van der Waals surface area contributed by atoms with Crippen LogP contribution in [0.2, 0.25) is 0 Å². The molecular weight excluding hydrogens is 392 g/mol. The van der Waals surface area contributed by atoms with Gasteiger partial charge in [0.05, 0.1) is 18.8 Å². The highest BCUT2D eigenvalue weighted by Gasteiger charge is 2.32. The molecule has 0 fully saturated rings. The van der Waals surface area contributed by atoms with Gasteiger partial charge in [-0.25, -0.2) is 4.79 Å². The molecule has 0 aromatic carbocycles. The van der Waals surface area contributed by atoms with Gasteiger partial charge in [-0.05, 0) is 12.8 Å². The van der Waals surface area contributed by atoms with Crippen molar-refractivity contribution in [2.75, 3.05) is 12.4 Å². The average molecular weight is 423 g/mol. The quantitative estimate of drug-likeness (QED) is 0.155. The van der Waals surface area contributed by atoms with Gasteiger partial charge in [0, 0.05) is 5.75 Å². The van der Waals surface area contributed by atoms with Crippen molar-refractivity contribution in [1.82, 2.24) is 16.0 Å². The van der Waals surface area contributed by atoms with E-state index >= 15 is 0 Å². The summed E-state index contributed by atoms with van der Waals surface area (Å²) in [4.78, 5) is 47.6. The number of carbonyl (C=O) groups is 4. The van der Waals surface area contributed by atoms with Gasteiger partial charge in [0.1, 0.15) is 18.1 Å². The van der Waals surface area contributed by atoms with Crippen molar-refractivity contribution in [3.63, 3.8) is 0 Å². The van der Waals surface area contributed by atoms with Gasteiger partial charge in [-0.2, -0.15) is 12.6 Å². The second-order valence-corrected chi connectivity index (χ2v) is 6.83. The number of aliphatic hydroxyl groups is 2. The minimum absolute atomic E-state index is 0.164. The van der Waals surface area contributed by atoms with Gasteiger partial charge in [-0.1, -0.05) is 20.3 Å². The lowest BCUT2D eigenvalue weighted by molar-refractivity contribution is -0.142. The molecule has 0 bridgehead atoms. The Kier molecular flexibility index (Phi) is 11.7. The molecule has 0 aromatic rings. The number of carboxylic acid groups (broad SMARTS) is 1. The number of nitrogens with one attached hydrogen (secondary N) is 3. The van der Waals surface area contributed by atoms with Crippen LogP contribution in [0.4, 0.5) is 0 Å². The summed E-state index contributed by atoms with van der Waals surface area (Å²) < 4.78 is 0. The van der Waals surface area contributed by atoms with Gasteiger partial charge in [-0.15, -0.1) is 0 Å². The Morgan fingerprint density at radius 2 is 1.54 bits per heavy atom. The van der Waals surface area contributed by atoms with E-state index in [9.17, 15) is 29.4 Å². The van der Waals surface area contributed by atoms with Crippen LogP contribution in [0.15, 0.2) is 0 Å². The Balaban J connectivity index is 5.12. The fourth-order valence-corrected chi connectivity index (χ4v) is 2.33. The molecule has 0 rings (SSSR count). The summed E-state index contributed by atoms with van der Waals surface area (Å²) in [6.45, 7) is 4.03. The molecule has 12 heteroatoms. The number of aliphatic carboxylic acids is 1. The Bertz CT molecular complexity index is 561. The lowest BCUT2D eigenvalue weighted by atomic mass is 9.98. The number of carbonyl (C=O) groups excluding carboxylic acids is 3. The van der Waals surface area contributed by atoms with Gasteiger partial charge in [0.15, 0.2) is 0 Å². The van der Waals surface area contributed by atoms with Crippen LogP contribution in [-0.2, 0) is 19.2 Å². The fraction of sp³-hybridized carbons (Fsp3) is 0.750. The van der Waals surface area contributed by atoms with Crippen molar-refractivity contribution in [2.24, 2.45) is 11.7 Å². The van der Waals surface area contributed by atoms with Crippen molar-refractivity contribution in [3.05, 3.63) is 0 Å². The van der Waals surface area contributed by atoms with Crippen LogP contribution in [0.25, 0.3) is 0 Å². The highest BCUT2D eigenvalue weighted by Crippen LogP contribution is 2.06. The second kappa shape index (κ2) is 12.5. The predicted molar refractivity (Wildman–Crippen MR) is 103 cm³/mol. The summed E-state index contributed by atoms with van der Waals surface area (Å²) in [7, 11) is 0. The van der Waals surface area contributed by atoms with E-state index in [0.29, 0.717) is 6.42 Å². The van der Waals surface area contributed by atoms with Crippen LogP contribution >= 0.6 is 12.6 Å². The van der Waals surface area contributed by atoms with Crippen molar-refractivity contribution in [3.8, 4) is 0 Å². The van der Waals surface area contributed by atoms with E-state index in [1.165, 1.54) is 6.92 Å². The number of amides is 3. The second-order valence-electron chi connectivity index (χ2n) is 6.46. The maximum Gasteiger partial charge on any atom is 0.327 e. The normalized spacial score (nSPS) is 17.4. The fourth-order valence-electron chi connectivity index (χ4n) is 2.08. The van der Waals surface area contributed by atoms with Crippen molar-refractivity contribution >= 4 is 36.3 Å². The highest BCUT2D eigenvalue weighted by molar-refractivity contribution is 7.80. The minimum Gasteiger partial charge on any atom is -0.480 e. The van der Waals surface area contributed by atoms with Gasteiger partial charge in [0.2, 0.25) is 17.7 Å². The SMILES string of the molecule is CCC(C)C(N)C(=O)NC(C(=O)NC(CO)C(=O)NC(CS)C(=O)O)C(C)O. The highest BCUT2D eigenvalue weighted by atomic mass is 32.1. The summed E-state index contributed by atoms with van der Waals surface area (Å²) >= 11 is 3.80. The third-order valence-corrected chi connectivity index (χ3v) is 4.60. The van der Waals surface area contributed by atoms with Crippen LogP contribution in [0, 0.1) is 5.92 Å². The zero-order chi connectivity index (χ0) is 22.0. The molecule has 6 unspecified atom stereocenters. The Labute approximate surface area is 168 Å². The standard InChI is InChI=1S/C16H30N4O7S/c1-4-7(2)11(17)14(24)20-12(8(3)22)15(25)18-9(5-21)13(23)19-10(6-28)16(26)27/h7-12,21-22,28H,4-6,17H2,1-3H3,(H,18,25)(H,19,23)(H,20,24)(H,26,27). The molecule has 0 saturated carbocycles. The van der Waals surface area contributed by atoms with E-state index in [1.807, 2.05) is 6.92 Å². The zero-order valence-corrected chi connectivity index (χ0v) is 17.0. The predicted octanol–water partition coefficient (Wildman–Crippen LogP) is -2.80. The van der Waals surface area contributed by atoms with E-state index in [1.54, 1.807) is 6.92 Å². The van der Waals surface area contributed by atoms with Gasteiger partial charge in [-0.3, -0.25) is 14.4 Å². The molecule has 28 heavy (non-hydrogen) atoms. The number of thiol groups is 1. The molecule has 6 atom stereocenters.